The summed E-state index contributed by atoms with van der Waals surface area (Å²) in [5.41, 5.74) is 0.625. The number of piperidine rings is 2. The highest BCUT2D eigenvalue weighted by Crippen LogP contribution is 2.65. The summed E-state index contributed by atoms with van der Waals surface area (Å²) in [4.78, 5) is 28.3. The SMILES string of the molecule is CC(=O)N1CCC(NC(=O)CN2CCC3(CC2)C2CC4CC(C2)CC3C4)CC1. The maximum absolute atomic E-state index is 12.6. The van der Waals surface area contributed by atoms with Crippen molar-refractivity contribution in [3.05, 3.63) is 0 Å². The average Bonchev–Trinajstić information content (AvgIpc) is 2.67. The zero-order valence-electron chi connectivity index (χ0n) is 17.5. The minimum absolute atomic E-state index is 0.150. The highest BCUT2D eigenvalue weighted by Gasteiger charge is 2.57. The van der Waals surface area contributed by atoms with Gasteiger partial charge in [-0.3, -0.25) is 14.5 Å². The van der Waals surface area contributed by atoms with Crippen LogP contribution in [0.25, 0.3) is 0 Å². The summed E-state index contributed by atoms with van der Waals surface area (Å²) in [6.45, 7) is 5.96. The van der Waals surface area contributed by atoms with Crippen LogP contribution in [0.1, 0.15) is 64.7 Å². The Morgan fingerprint density at radius 3 is 2.00 bits per heavy atom. The molecule has 6 rings (SSSR count). The van der Waals surface area contributed by atoms with Crippen LogP contribution in [0.5, 0.6) is 0 Å². The fourth-order valence-electron chi connectivity index (χ4n) is 7.88. The van der Waals surface area contributed by atoms with Gasteiger partial charge in [0.15, 0.2) is 0 Å². The van der Waals surface area contributed by atoms with E-state index in [2.05, 4.69) is 10.2 Å². The molecule has 5 heteroatoms. The van der Waals surface area contributed by atoms with Crippen LogP contribution >= 0.6 is 0 Å². The fraction of sp³-hybridized carbons (Fsp3) is 0.913. The largest absolute Gasteiger partial charge is 0.352 e. The number of carbonyl (C=O) groups excluding carboxylic acids is 2. The van der Waals surface area contributed by atoms with Gasteiger partial charge in [0.2, 0.25) is 11.8 Å². The van der Waals surface area contributed by atoms with Crippen LogP contribution in [0.4, 0.5) is 0 Å². The summed E-state index contributed by atoms with van der Waals surface area (Å²) < 4.78 is 0. The van der Waals surface area contributed by atoms with Crippen LogP contribution in [0.2, 0.25) is 0 Å². The Kier molecular flexibility index (Phi) is 4.93. The molecule has 0 unspecified atom stereocenters. The molecule has 4 saturated carbocycles. The molecule has 156 valence electrons. The number of nitrogens with one attached hydrogen (secondary N) is 1. The third kappa shape index (κ3) is 3.38. The Hall–Kier alpha value is -1.10. The number of rotatable bonds is 3. The van der Waals surface area contributed by atoms with Gasteiger partial charge >= 0.3 is 0 Å². The Bertz CT molecular complexity index is 587. The molecule has 0 aromatic carbocycles. The Morgan fingerprint density at radius 2 is 1.46 bits per heavy atom. The molecule has 6 aliphatic rings. The van der Waals surface area contributed by atoms with Crippen molar-refractivity contribution in [3.63, 3.8) is 0 Å². The normalized spacial score (nSPS) is 37.4. The van der Waals surface area contributed by atoms with Gasteiger partial charge in [0.25, 0.3) is 0 Å². The van der Waals surface area contributed by atoms with Gasteiger partial charge in [0.1, 0.15) is 0 Å². The van der Waals surface area contributed by atoms with Crippen molar-refractivity contribution in [2.75, 3.05) is 32.7 Å². The Labute approximate surface area is 169 Å². The van der Waals surface area contributed by atoms with Gasteiger partial charge in [-0.2, -0.15) is 0 Å². The van der Waals surface area contributed by atoms with Gasteiger partial charge < -0.3 is 10.2 Å². The third-order valence-electron chi connectivity index (χ3n) is 9.22. The maximum atomic E-state index is 12.6. The molecule has 2 amide bonds. The quantitative estimate of drug-likeness (QED) is 0.810. The summed E-state index contributed by atoms with van der Waals surface area (Å²) in [7, 11) is 0. The summed E-state index contributed by atoms with van der Waals surface area (Å²) in [6, 6.07) is 0.239. The van der Waals surface area contributed by atoms with E-state index in [1.807, 2.05) is 4.90 Å². The highest BCUT2D eigenvalue weighted by molar-refractivity contribution is 5.78. The summed E-state index contributed by atoms with van der Waals surface area (Å²) in [5.74, 6) is 4.41. The molecule has 0 atom stereocenters. The van der Waals surface area contributed by atoms with Crippen molar-refractivity contribution in [3.8, 4) is 0 Å². The second kappa shape index (κ2) is 7.30. The Morgan fingerprint density at radius 1 is 0.893 bits per heavy atom. The van der Waals surface area contributed by atoms with E-state index in [1.165, 1.54) is 44.9 Å². The predicted molar refractivity (Wildman–Crippen MR) is 109 cm³/mol. The van der Waals surface area contributed by atoms with Crippen molar-refractivity contribution in [1.29, 1.82) is 0 Å². The van der Waals surface area contributed by atoms with Gasteiger partial charge in [-0.25, -0.2) is 0 Å². The van der Waals surface area contributed by atoms with E-state index >= 15 is 0 Å². The van der Waals surface area contributed by atoms with Crippen LogP contribution in [0.3, 0.4) is 0 Å². The van der Waals surface area contributed by atoms with Gasteiger partial charge in [0, 0.05) is 26.1 Å². The second-order valence-electron chi connectivity index (χ2n) is 10.7. The smallest absolute Gasteiger partial charge is 0.234 e. The van der Waals surface area contributed by atoms with E-state index in [1.54, 1.807) is 6.92 Å². The maximum Gasteiger partial charge on any atom is 0.234 e. The van der Waals surface area contributed by atoms with E-state index in [9.17, 15) is 9.59 Å². The molecule has 1 N–H and O–H groups in total. The predicted octanol–water partition coefficient (Wildman–Crippen LogP) is 2.65. The molecule has 2 saturated heterocycles. The van der Waals surface area contributed by atoms with Crippen LogP contribution in [-0.4, -0.2) is 60.4 Å². The fourth-order valence-corrected chi connectivity index (χ4v) is 7.88. The first-order chi connectivity index (χ1) is 13.5. The molecular weight excluding hydrogens is 350 g/mol. The van der Waals surface area contributed by atoms with Gasteiger partial charge in [-0.1, -0.05) is 0 Å². The van der Waals surface area contributed by atoms with Gasteiger partial charge in [0.05, 0.1) is 6.54 Å². The minimum Gasteiger partial charge on any atom is -0.352 e. The van der Waals surface area contributed by atoms with Crippen molar-refractivity contribution in [1.82, 2.24) is 15.1 Å². The lowest BCUT2D eigenvalue weighted by atomic mass is 9.43. The van der Waals surface area contributed by atoms with Crippen molar-refractivity contribution >= 4 is 11.8 Å². The summed E-state index contributed by atoms with van der Waals surface area (Å²) in [5, 5.41) is 3.23. The zero-order chi connectivity index (χ0) is 19.3. The Balaban J connectivity index is 1.09. The van der Waals surface area contributed by atoms with Crippen LogP contribution in [-0.2, 0) is 9.59 Å². The number of hydrogen-bond acceptors (Lipinski definition) is 3. The lowest BCUT2D eigenvalue weighted by molar-refractivity contribution is -0.139. The van der Waals surface area contributed by atoms with Crippen LogP contribution < -0.4 is 5.32 Å². The lowest BCUT2D eigenvalue weighted by Crippen LogP contribution is -2.57. The molecule has 28 heavy (non-hydrogen) atoms. The minimum atomic E-state index is 0.150. The molecule has 0 radical (unpaired) electrons. The first kappa shape index (κ1) is 18.9. The zero-order valence-corrected chi connectivity index (χ0v) is 17.5. The standard InChI is InChI=1S/C23H37N3O2/c1-16(27)26-6-2-21(3-7-26)24-22(28)15-25-8-4-23(5-9-25)19-11-17-10-18(13-19)14-20(23)12-17/h17-21H,2-15H2,1H3,(H,24,28). The van der Waals surface area contributed by atoms with Crippen molar-refractivity contribution in [2.24, 2.45) is 29.1 Å². The molecule has 2 aliphatic heterocycles. The number of carbonyl (C=O) groups is 2. The molecule has 0 aromatic rings. The molecule has 5 nitrogen and oxygen atoms in total. The molecule has 0 aromatic heterocycles. The van der Waals surface area contributed by atoms with Gasteiger partial charge in [-0.05, 0) is 100.0 Å². The summed E-state index contributed by atoms with van der Waals surface area (Å²) >= 11 is 0. The topological polar surface area (TPSA) is 52.7 Å². The van der Waals surface area contributed by atoms with E-state index in [0.29, 0.717) is 12.0 Å². The van der Waals surface area contributed by atoms with Gasteiger partial charge in [-0.15, -0.1) is 0 Å². The third-order valence-corrected chi connectivity index (χ3v) is 9.22. The monoisotopic (exact) mass is 387 g/mol. The van der Waals surface area contributed by atoms with E-state index in [4.69, 9.17) is 0 Å². The van der Waals surface area contributed by atoms with Crippen LogP contribution in [0, 0.1) is 29.1 Å². The number of likely N-dealkylation sites (tertiary alicyclic amines) is 2. The first-order valence-electron chi connectivity index (χ1n) is 11.8. The average molecular weight is 388 g/mol. The number of amides is 2. The van der Waals surface area contributed by atoms with E-state index < -0.39 is 0 Å². The van der Waals surface area contributed by atoms with E-state index in [0.717, 1.165) is 62.7 Å². The molecular formula is C23H37N3O2. The van der Waals surface area contributed by atoms with E-state index in [-0.39, 0.29) is 17.9 Å². The molecule has 4 aliphatic carbocycles. The van der Waals surface area contributed by atoms with Crippen molar-refractivity contribution in [2.45, 2.75) is 70.8 Å². The number of hydrogen-bond donors (Lipinski definition) is 1. The number of nitrogens with zero attached hydrogens (tertiary/aromatic N) is 2. The van der Waals surface area contributed by atoms with Crippen LogP contribution in [0.15, 0.2) is 0 Å². The molecule has 2 heterocycles. The first-order valence-corrected chi connectivity index (χ1v) is 11.8. The second-order valence-corrected chi connectivity index (χ2v) is 10.7. The molecule has 1 spiro atoms. The lowest BCUT2D eigenvalue weighted by Gasteiger charge is -2.63. The van der Waals surface area contributed by atoms with Crippen molar-refractivity contribution < 1.29 is 9.59 Å². The molecule has 6 fully saturated rings. The molecule has 4 bridgehead atoms. The highest BCUT2D eigenvalue weighted by atomic mass is 16.2. The summed E-state index contributed by atoms with van der Waals surface area (Å²) in [6.07, 6.45) is 12.0.